The fraction of sp³-hybridized carbons (Fsp3) is 0.714. The van der Waals surface area contributed by atoms with Crippen LogP contribution in [0.15, 0.2) is 15.9 Å². The van der Waals surface area contributed by atoms with E-state index in [9.17, 15) is 0 Å². The lowest BCUT2D eigenvalue weighted by molar-refractivity contribution is -0.0322. The monoisotopic (exact) mass is 347 g/mol. The SMILES string of the molecule is CC(NCCCOC1CCOCC1)c1cc(Br)cs1. The molecule has 1 aromatic heterocycles. The fourth-order valence-electron chi connectivity index (χ4n) is 2.14. The molecule has 1 aromatic rings. The summed E-state index contributed by atoms with van der Waals surface area (Å²) in [5, 5.41) is 5.66. The third-order valence-corrected chi connectivity index (χ3v) is 5.18. The zero-order valence-electron chi connectivity index (χ0n) is 11.4. The van der Waals surface area contributed by atoms with Crippen LogP contribution < -0.4 is 5.32 Å². The van der Waals surface area contributed by atoms with Crippen LogP contribution in [-0.4, -0.2) is 32.5 Å². The van der Waals surface area contributed by atoms with Crippen molar-refractivity contribution in [3.05, 3.63) is 20.8 Å². The molecule has 2 heterocycles. The van der Waals surface area contributed by atoms with Crippen molar-refractivity contribution in [2.45, 2.75) is 38.3 Å². The maximum Gasteiger partial charge on any atom is 0.0619 e. The lowest BCUT2D eigenvalue weighted by Crippen LogP contribution is -2.25. The van der Waals surface area contributed by atoms with Gasteiger partial charge in [-0.2, -0.15) is 0 Å². The van der Waals surface area contributed by atoms with Crippen LogP contribution in [0.5, 0.6) is 0 Å². The molecule has 1 aliphatic rings. The quantitative estimate of drug-likeness (QED) is 0.762. The third kappa shape index (κ3) is 5.52. The molecule has 19 heavy (non-hydrogen) atoms. The second-order valence-electron chi connectivity index (χ2n) is 4.88. The van der Waals surface area contributed by atoms with Crippen LogP contribution in [0, 0.1) is 0 Å². The van der Waals surface area contributed by atoms with Crippen molar-refractivity contribution in [3.63, 3.8) is 0 Å². The number of rotatable bonds is 7. The van der Waals surface area contributed by atoms with Gasteiger partial charge >= 0.3 is 0 Å². The van der Waals surface area contributed by atoms with Gasteiger partial charge in [0.1, 0.15) is 0 Å². The van der Waals surface area contributed by atoms with Gasteiger partial charge in [0.2, 0.25) is 0 Å². The third-order valence-electron chi connectivity index (χ3n) is 3.31. The summed E-state index contributed by atoms with van der Waals surface area (Å²) in [4.78, 5) is 1.37. The van der Waals surface area contributed by atoms with E-state index in [-0.39, 0.29) is 0 Å². The van der Waals surface area contributed by atoms with Crippen LogP contribution in [0.4, 0.5) is 0 Å². The van der Waals surface area contributed by atoms with E-state index in [0.29, 0.717) is 12.1 Å². The molecule has 1 atom stereocenters. The molecule has 0 spiro atoms. The largest absolute Gasteiger partial charge is 0.381 e. The van der Waals surface area contributed by atoms with E-state index in [1.807, 2.05) is 0 Å². The second-order valence-corrected chi connectivity index (χ2v) is 6.74. The zero-order valence-corrected chi connectivity index (χ0v) is 13.8. The summed E-state index contributed by atoms with van der Waals surface area (Å²) in [5.41, 5.74) is 0. The topological polar surface area (TPSA) is 30.5 Å². The van der Waals surface area contributed by atoms with Crippen molar-refractivity contribution >= 4 is 27.3 Å². The molecule has 1 saturated heterocycles. The molecule has 1 unspecified atom stereocenters. The molecule has 1 N–H and O–H groups in total. The first-order valence-electron chi connectivity index (χ1n) is 6.92. The average molecular weight is 348 g/mol. The minimum atomic E-state index is 0.416. The van der Waals surface area contributed by atoms with E-state index in [1.54, 1.807) is 11.3 Å². The Balaban J connectivity index is 1.54. The van der Waals surface area contributed by atoms with Crippen molar-refractivity contribution in [1.82, 2.24) is 5.32 Å². The van der Waals surface area contributed by atoms with Crippen molar-refractivity contribution in [2.75, 3.05) is 26.4 Å². The second kappa shape index (κ2) is 8.37. The highest BCUT2D eigenvalue weighted by molar-refractivity contribution is 9.10. The Morgan fingerprint density at radius 1 is 1.53 bits per heavy atom. The van der Waals surface area contributed by atoms with Gasteiger partial charge in [-0.1, -0.05) is 0 Å². The maximum atomic E-state index is 5.85. The van der Waals surface area contributed by atoms with Crippen molar-refractivity contribution in [2.24, 2.45) is 0 Å². The zero-order chi connectivity index (χ0) is 13.5. The highest BCUT2D eigenvalue weighted by atomic mass is 79.9. The molecule has 0 aliphatic carbocycles. The number of thiophene rings is 1. The highest BCUT2D eigenvalue weighted by Gasteiger charge is 2.13. The van der Waals surface area contributed by atoms with E-state index in [4.69, 9.17) is 9.47 Å². The Morgan fingerprint density at radius 2 is 2.32 bits per heavy atom. The van der Waals surface area contributed by atoms with Gasteiger partial charge in [-0.3, -0.25) is 0 Å². The van der Waals surface area contributed by atoms with Crippen LogP contribution in [0.2, 0.25) is 0 Å². The number of hydrogen-bond donors (Lipinski definition) is 1. The summed E-state index contributed by atoms with van der Waals surface area (Å²) in [6, 6.07) is 2.60. The minimum absolute atomic E-state index is 0.416. The van der Waals surface area contributed by atoms with Gasteiger partial charge in [0, 0.05) is 40.6 Å². The Hall–Kier alpha value is 0.0600. The molecule has 0 bridgehead atoms. The Morgan fingerprint density at radius 3 is 3.00 bits per heavy atom. The molecule has 3 nitrogen and oxygen atoms in total. The van der Waals surface area contributed by atoms with Gasteiger partial charge in [0.15, 0.2) is 0 Å². The standard InChI is InChI=1S/C14H22BrNO2S/c1-11(14-9-12(15)10-19-14)16-5-2-6-18-13-3-7-17-8-4-13/h9-11,13,16H,2-8H2,1H3. The van der Waals surface area contributed by atoms with E-state index in [0.717, 1.165) is 45.6 Å². The van der Waals surface area contributed by atoms with Crippen LogP contribution in [-0.2, 0) is 9.47 Å². The van der Waals surface area contributed by atoms with Crippen LogP contribution in [0.1, 0.15) is 37.1 Å². The maximum absolute atomic E-state index is 5.85. The molecule has 108 valence electrons. The first kappa shape index (κ1) is 15.4. The van der Waals surface area contributed by atoms with Gasteiger partial charge in [-0.15, -0.1) is 11.3 Å². The predicted octanol–water partition coefficient (Wildman–Crippen LogP) is 3.75. The first-order chi connectivity index (χ1) is 9.25. The van der Waals surface area contributed by atoms with E-state index < -0.39 is 0 Å². The minimum Gasteiger partial charge on any atom is -0.381 e. The van der Waals surface area contributed by atoms with Crippen molar-refractivity contribution in [1.29, 1.82) is 0 Å². The van der Waals surface area contributed by atoms with Crippen LogP contribution >= 0.6 is 27.3 Å². The molecular weight excluding hydrogens is 326 g/mol. The van der Waals surface area contributed by atoms with Gasteiger partial charge < -0.3 is 14.8 Å². The summed E-state index contributed by atoms with van der Waals surface area (Å²) >= 11 is 5.28. The molecule has 1 aliphatic heterocycles. The molecule has 0 saturated carbocycles. The molecule has 0 radical (unpaired) electrons. The highest BCUT2D eigenvalue weighted by Crippen LogP contribution is 2.25. The molecule has 0 aromatic carbocycles. The van der Waals surface area contributed by atoms with Gasteiger partial charge in [-0.25, -0.2) is 0 Å². The number of nitrogens with one attached hydrogen (secondary N) is 1. The van der Waals surface area contributed by atoms with E-state index >= 15 is 0 Å². The summed E-state index contributed by atoms with van der Waals surface area (Å²) in [6.45, 7) is 5.76. The number of ether oxygens (including phenoxy) is 2. The molecule has 5 heteroatoms. The Labute approximate surface area is 127 Å². The smallest absolute Gasteiger partial charge is 0.0619 e. The van der Waals surface area contributed by atoms with Crippen molar-refractivity contribution in [3.8, 4) is 0 Å². The number of hydrogen-bond acceptors (Lipinski definition) is 4. The van der Waals surface area contributed by atoms with E-state index in [2.05, 4.69) is 39.6 Å². The average Bonchev–Trinajstić information content (AvgIpc) is 2.86. The van der Waals surface area contributed by atoms with Gasteiger partial charge in [0.25, 0.3) is 0 Å². The summed E-state index contributed by atoms with van der Waals surface area (Å²) in [5.74, 6) is 0. The van der Waals surface area contributed by atoms with Gasteiger partial charge in [-0.05, 0) is 54.7 Å². The van der Waals surface area contributed by atoms with Gasteiger partial charge in [0.05, 0.1) is 6.10 Å². The lowest BCUT2D eigenvalue weighted by atomic mass is 10.1. The Bertz CT molecular complexity index is 366. The molecule has 2 rings (SSSR count). The summed E-state index contributed by atoms with van der Waals surface area (Å²) < 4.78 is 12.3. The molecule has 0 amide bonds. The molecule has 1 fully saturated rings. The molecular formula is C14H22BrNO2S. The van der Waals surface area contributed by atoms with Crippen LogP contribution in [0.3, 0.4) is 0 Å². The summed E-state index contributed by atoms with van der Waals surface area (Å²) in [6.07, 6.45) is 3.58. The normalized spacial score (nSPS) is 18.6. The van der Waals surface area contributed by atoms with Crippen LogP contribution in [0.25, 0.3) is 0 Å². The fourth-order valence-corrected chi connectivity index (χ4v) is 3.62. The Kier molecular flexibility index (Phi) is 6.81. The predicted molar refractivity (Wildman–Crippen MR) is 82.8 cm³/mol. The lowest BCUT2D eigenvalue weighted by Gasteiger charge is -2.22. The number of halogens is 1. The first-order valence-corrected chi connectivity index (χ1v) is 8.59. The summed E-state index contributed by atoms with van der Waals surface area (Å²) in [7, 11) is 0. The van der Waals surface area contributed by atoms with E-state index in [1.165, 1.54) is 9.35 Å². The van der Waals surface area contributed by atoms with Crippen molar-refractivity contribution < 1.29 is 9.47 Å².